The fourth-order valence-corrected chi connectivity index (χ4v) is 22.1. The van der Waals surface area contributed by atoms with Crippen molar-refractivity contribution < 1.29 is 19.1 Å². The predicted octanol–water partition coefficient (Wildman–Crippen LogP) is 4.85. The van der Waals surface area contributed by atoms with Crippen LogP contribution in [0.25, 0.3) is 0 Å². The monoisotopic (exact) mass is 677 g/mol. The summed E-state index contributed by atoms with van der Waals surface area (Å²) in [4.78, 5) is 28.0. The Balaban J connectivity index is 1.87. The third-order valence-electron chi connectivity index (χ3n) is 7.83. The maximum atomic E-state index is 14.2. The van der Waals surface area contributed by atoms with Crippen molar-refractivity contribution in [3.8, 4) is 5.75 Å². The normalized spacial score (nSPS) is 12.5. The van der Waals surface area contributed by atoms with Gasteiger partial charge in [-0.2, -0.15) is 0 Å². The van der Waals surface area contributed by atoms with Crippen LogP contribution in [-0.4, -0.2) is 50.0 Å². The fraction of sp³-hybridized carbons (Fsp3) is 0.135. The van der Waals surface area contributed by atoms with Gasteiger partial charge in [0.05, 0.1) is 0 Å². The molecule has 0 fully saturated rings. The molecule has 0 aliphatic carbocycles. The van der Waals surface area contributed by atoms with Crippen LogP contribution in [0.3, 0.4) is 0 Å². The van der Waals surface area contributed by atoms with Crippen LogP contribution < -0.4 is 20.8 Å². The van der Waals surface area contributed by atoms with Gasteiger partial charge < -0.3 is 0 Å². The number of nitrogens with one attached hydrogen (secondary N) is 1. The minimum absolute atomic E-state index is 0.191. The molecule has 0 radical (unpaired) electrons. The zero-order chi connectivity index (χ0) is 30.1. The number of benzene rings is 5. The van der Waals surface area contributed by atoms with Gasteiger partial charge in [-0.05, 0) is 0 Å². The molecule has 0 aliphatic rings. The van der Waals surface area contributed by atoms with Gasteiger partial charge in [0.15, 0.2) is 0 Å². The summed E-state index contributed by atoms with van der Waals surface area (Å²) in [6, 6.07) is 47.3. The quantitative estimate of drug-likeness (QED) is 0.161. The van der Waals surface area contributed by atoms with Crippen molar-refractivity contribution >= 4 is 41.0 Å². The standard InChI is InChI=1S/C19H20NO4.3C6H5.Sn/c1-3-24-19(22)17(13-14-9-11-16(23-2)12-10-14)20-18(21)15-7-5-4-6-8-15;3*1-2-4-6-5-3-1;/h4-13,17H,3H2,1-2H3,(H,20,21);3*1-5H;. The number of methoxy groups -OCH3 is 1. The molecule has 0 aromatic heterocycles. The Morgan fingerprint density at radius 1 is 0.651 bits per heavy atom. The average molecular weight is 676 g/mol. The Bertz CT molecular complexity index is 1520. The summed E-state index contributed by atoms with van der Waals surface area (Å²) in [7, 11) is 1.63. The van der Waals surface area contributed by atoms with Gasteiger partial charge in [-0.15, -0.1) is 0 Å². The molecule has 216 valence electrons. The molecule has 2 unspecified atom stereocenters. The summed E-state index contributed by atoms with van der Waals surface area (Å²) in [5, 5.41) is 3.17. The van der Waals surface area contributed by atoms with Crippen LogP contribution in [0.1, 0.15) is 26.8 Å². The van der Waals surface area contributed by atoms with Crippen molar-refractivity contribution in [2.24, 2.45) is 0 Å². The summed E-state index contributed by atoms with van der Waals surface area (Å²) in [5.74, 6) is -0.0774. The van der Waals surface area contributed by atoms with Gasteiger partial charge in [0, 0.05) is 0 Å². The number of carbonyl (C=O) groups excluding carboxylic acids is 2. The van der Waals surface area contributed by atoms with Gasteiger partial charge >= 0.3 is 258 Å². The molecule has 0 heterocycles. The Hall–Kier alpha value is -4.36. The van der Waals surface area contributed by atoms with Crippen LogP contribution in [0, 0.1) is 0 Å². The second-order valence-electron chi connectivity index (χ2n) is 10.2. The van der Waals surface area contributed by atoms with E-state index in [1.807, 2.05) is 60.7 Å². The van der Waals surface area contributed by atoms with Gasteiger partial charge in [-0.3, -0.25) is 0 Å². The molecule has 6 heteroatoms. The van der Waals surface area contributed by atoms with Crippen molar-refractivity contribution in [2.45, 2.75) is 16.9 Å². The van der Waals surface area contributed by atoms with Gasteiger partial charge in [0.25, 0.3) is 0 Å². The number of carbonyl (C=O) groups is 2. The van der Waals surface area contributed by atoms with Crippen molar-refractivity contribution in [1.82, 2.24) is 5.32 Å². The first-order valence-corrected chi connectivity index (χ1v) is 20.4. The SMILES string of the molecule is CCOC(=O)C(NC(=O)c1ccccc1)[CH](c1ccc(OC)cc1)[Sn]([c]1ccccc1)([c]1ccccc1)[c]1ccccc1. The van der Waals surface area contributed by atoms with E-state index in [1.54, 1.807) is 26.2 Å². The molecular weight excluding hydrogens is 641 g/mol. The van der Waals surface area contributed by atoms with Crippen LogP contribution in [-0.2, 0) is 9.53 Å². The summed E-state index contributed by atoms with van der Waals surface area (Å²) >= 11 is -4.36. The first-order valence-electron chi connectivity index (χ1n) is 14.4. The Labute approximate surface area is 257 Å². The molecule has 1 amide bonds. The molecule has 0 aliphatic heterocycles. The van der Waals surface area contributed by atoms with E-state index in [0.29, 0.717) is 11.3 Å². The number of hydrogen-bond donors (Lipinski definition) is 1. The molecule has 5 aromatic carbocycles. The molecule has 0 spiro atoms. The Morgan fingerprint density at radius 3 is 1.51 bits per heavy atom. The maximum absolute atomic E-state index is 14.2. The van der Waals surface area contributed by atoms with E-state index >= 15 is 0 Å². The topological polar surface area (TPSA) is 64.6 Å². The molecule has 0 saturated heterocycles. The first-order chi connectivity index (χ1) is 21.1. The van der Waals surface area contributed by atoms with E-state index in [0.717, 1.165) is 5.56 Å². The number of ether oxygens (including phenoxy) is 2. The summed E-state index contributed by atoms with van der Waals surface area (Å²) in [6.45, 7) is 1.98. The van der Waals surface area contributed by atoms with Crippen LogP contribution in [0.5, 0.6) is 5.75 Å². The van der Waals surface area contributed by atoms with E-state index in [4.69, 9.17) is 9.47 Å². The van der Waals surface area contributed by atoms with Gasteiger partial charge in [0.2, 0.25) is 0 Å². The Kier molecular flexibility index (Phi) is 9.95. The molecule has 5 rings (SSSR count). The summed E-state index contributed by atoms with van der Waals surface area (Å²) in [5.41, 5.74) is 1.41. The van der Waals surface area contributed by atoms with E-state index < -0.39 is 34.3 Å². The van der Waals surface area contributed by atoms with Crippen molar-refractivity contribution in [3.05, 3.63) is 157 Å². The average Bonchev–Trinajstić information content (AvgIpc) is 3.08. The van der Waals surface area contributed by atoms with E-state index in [2.05, 4.69) is 78.1 Å². The predicted molar refractivity (Wildman–Crippen MR) is 174 cm³/mol. The number of hydrogen-bond acceptors (Lipinski definition) is 4. The molecule has 0 saturated carbocycles. The van der Waals surface area contributed by atoms with Crippen LogP contribution in [0.15, 0.2) is 146 Å². The van der Waals surface area contributed by atoms with Crippen molar-refractivity contribution in [3.63, 3.8) is 0 Å². The molecule has 1 N–H and O–H groups in total. The summed E-state index contributed by atoms with van der Waals surface area (Å²) < 4.78 is 14.4. The van der Waals surface area contributed by atoms with E-state index in [9.17, 15) is 9.59 Å². The van der Waals surface area contributed by atoms with E-state index in [1.165, 1.54) is 10.7 Å². The van der Waals surface area contributed by atoms with Crippen LogP contribution in [0.2, 0.25) is 0 Å². The third kappa shape index (κ3) is 6.37. The van der Waals surface area contributed by atoms with Gasteiger partial charge in [0.1, 0.15) is 0 Å². The first kappa shape index (κ1) is 30.1. The molecule has 43 heavy (non-hydrogen) atoms. The number of esters is 1. The van der Waals surface area contributed by atoms with Crippen molar-refractivity contribution in [1.29, 1.82) is 0 Å². The zero-order valence-electron chi connectivity index (χ0n) is 24.4. The fourth-order valence-electron chi connectivity index (χ4n) is 5.97. The molecular formula is C37H35NO4Sn. The minimum atomic E-state index is -4.36. The number of amides is 1. The molecule has 5 aromatic rings. The third-order valence-corrected chi connectivity index (χ3v) is 23.0. The van der Waals surface area contributed by atoms with E-state index in [-0.39, 0.29) is 12.5 Å². The summed E-state index contributed by atoms with van der Waals surface area (Å²) in [6.07, 6.45) is 0. The van der Waals surface area contributed by atoms with Crippen LogP contribution >= 0.6 is 0 Å². The van der Waals surface area contributed by atoms with Gasteiger partial charge in [-0.25, -0.2) is 0 Å². The number of rotatable bonds is 11. The zero-order valence-corrected chi connectivity index (χ0v) is 27.2. The Morgan fingerprint density at radius 2 is 1.09 bits per heavy atom. The molecule has 5 nitrogen and oxygen atoms in total. The second-order valence-corrected chi connectivity index (χ2v) is 21.6. The van der Waals surface area contributed by atoms with Gasteiger partial charge in [-0.1, -0.05) is 0 Å². The van der Waals surface area contributed by atoms with Crippen molar-refractivity contribution in [2.75, 3.05) is 13.7 Å². The van der Waals surface area contributed by atoms with Crippen LogP contribution in [0.4, 0.5) is 0 Å². The second kappa shape index (κ2) is 14.2. The molecule has 0 bridgehead atoms. The molecule has 2 atom stereocenters.